The van der Waals surface area contributed by atoms with Gasteiger partial charge >= 0.3 is 0 Å². The highest BCUT2D eigenvalue weighted by Gasteiger charge is 2.33. The normalized spacial score (nSPS) is 14.8. The standard InChI is InChI=1S/C23H24N2O5S/c1-4-25-22(27)20(31-23(25)28)13-16-8-11-18(19(12-16)29-5-2)30-14-21(26)24-17-9-6-15(3)7-10-17/h6-13H,4-5,14H2,1-3H3,(H,24,26)/b20-13-. The summed E-state index contributed by atoms with van der Waals surface area (Å²) in [6, 6.07) is 12.6. The first-order valence-electron chi connectivity index (χ1n) is 9.92. The lowest BCUT2D eigenvalue weighted by atomic mass is 10.2. The maximum Gasteiger partial charge on any atom is 0.293 e. The van der Waals surface area contributed by atoms with Crippen LogP contribution in [0.1, 0.15) is 25.0 Å². The number of benzene rings is 2. The second-order valence-electron chi connectivity index (χ2n) is 6.77. The van der Waals surface area contributed by atoms with Crippen molar-refractivity contribution in [3.8, 4) is 11.5 Å². The Bertz CT molecular complexity index is 1020. The third-order valence-corrected chi connectivity index (χ3v) is 5.36. The molecule has 1 aliphatic rings. The van der Waals surface area contributed by atoms with E-state index >= 15 is 0 Å². The molecule has 0 unspecified atom stereocenters. The summed E-state index contributed by atoms with van der Waals surface area (Å²) in [6.45, 7) is 6.14. The Morgan fingerprint density at radius 2 is 1.81 bits per heavy atom. The van der Waals surface area contributed by atoms with E-state index in [9.17, 15) is 14.4 Å². The van der Waals surface area contributed by atoms with E-state index in [-0.39, 0.29) is 23.7 Å². The smallest absolute Gasteiger partial charge is 0.293 e. The van der Waals surface area contributed by atoms with Gasteiger partial charge in [-0.1, -0.05) is 23.8 Å². The predicted octanol–water partition coefficient (Wildman–Crippen LogP) is 4.47. The molecule has 3 rings (SSSR count). The van der Waals surface area contributed by atoms with Gasteiger partial charge in [-0.3, -0.25) is 19.3 Å². The number of carbonyl (C=O) groups is 3. The number of thioether (sulfide) groups is 1. The summed E-state index contributed by atoms with van der Waals surface area (Å²) < 4.78 is 11.3. The van der Waals surface area contributed by atoms with Crippen LogP contribution in [0.5, 0.6) is 11.5 Å². The first kappa shape index (κ1) is 22.4. The largest absolute Gasteiger partial charge is 0.490 e. The van der Waals surface area contributed by atoms with Gasteiger partial charge in [-0.25, -0.2) is 0 Å². The monoisotopic (exact) mass is 440 g/mol. The van der Waals surface area contributed by atoms with Gasteiger partial charge in [0.15, 0.2) is 18.1 Å². The number of anilines is 1. The summed E-state index contributed by atoms with van der Waals surface area (Å²) in [5.74, 6) is 0.279. The molecule has 7 nitrogen and oxygen atoms in total. The van der Waals surface area contributed by atoms with Gasteiger partial charge in [0.1, 0.15) is 0 Å². The lowest BCUT2D eigenvalue weighted by molar-refractivity contribution is -0.122. The van der Waals surface area contributed by atoms with Gasteiger partial charge in [0.25, 0.3) is 17.1 Å². The molecule has 2 aromatic rings. The number of nitrogens with one attached hydrogen (secondary N) is 1. The molecule has 1 aliphatic heterocycles. The molecule has 162 valence electrons. The van der Waals surface area contributed by atoms with Crippen LogP contribution < -0.4 is 14.8 Å². The highest BCUT2D eigenvalue weighted by Crippen LogP contribution is 2.34. The minimum atomic E-state index is -0.302. The summed E-state index contributed by atoms with van der Waals surface area (Å²) in [6.07, 6.45) is 1.65. The van der Waals surface area contributed by atoms with Crippen molar-refractivity contribution in [2.24, 2.45) is 0 Å². The molecule has 2 aromatic carbocycles. The van der Waals surface area contributed by atoms with Crippen LogP contribution >= 0.6 is 11.8 Å². The predicted molar refractivity (Wildman–Crippen MR) is 121 cm³/mol. The Morgan fingerprint density at radius 1 is 1.06 bits per heavy atom. The molecule has 31 heavy (non-hydrogen) atoms. The van der Waals surface area contributed by atoms with E-state index in [1.54, 1.807) is 31.2 Å². The third-order valence-electron chi connectivity index (χ3n) is 4.45. The first-order valence-corrected chi connectivity index (χ1v) is 10.7. The SMILES string of the molecule is CCOc1cc(/C=C2\SC(=O)N(CC)C2=O)ccc1OCC(=O)Nc1ccc(C)cc1. The van der Waals surface area contributed by atoms with Crippen LogP contribution in [0.15, 0.2) is 47.4 Å². The van der Waals surface area contributed by atoms with Gasteiger partial charge in [-0.15, -0.1) is 0 Å². The van der Waals surface area contributed by atoms with E-state index in [1.807, 2.05) is 38.1 Å². The number of carbonyl (C=O) groups excluding carboxylic acids is 3. The Labute approximate surface area is 185 Å². The van der Waals surface area contributed by atoms with Gasteiger partial charge in [0.05, 0.1) is 11.5 Å². The van der Waals surface area contributed by atoms with Crippen molar-refractivity contribution in [3.63, 3.8) is 0 Å². The van der Waals surface area contributed by atoms with Gasteiger partial charge < -0.3 is 14.8 Å². The molecule has 0 aromatic heterocycles. The number of rotatable bonds is 8. The van der Waals surface area contributed by atoms with E-state index in [1.165, 1.54) is 4.90 Å². The van der Waals surface area contributed by atoms with Crippen molar-refractivity contribution in [3.05, 3.63) is 58.5 Å². The Morgan fingerprint density at radius 3 is 2.45 bits per heavy atom. The second-order valence-corrected chi connectivity index (χ2v) is 7.76. The summed E-state index contributed by atoms with van der Waals surface area (Å²) >= 11 is 0.914. The van der Waals surface area contributed by atoms with Crippen molar-refractivity contribution in [1.82, 2.24) is 4.90 Å². The van der Waals surface area contributed by atoms with Crippen LogP contribution in [0.3, 0.4) is 0 Å². The van der Waals surface area contributed by atoms with E-state index in [2.05, 4.69) is 5.32 Å². The zero-order valence-electron chi connectivity index (χ0n) is 17.6. The number of likely N-dealkylation sites (N-methyl/N-ethyl adjacent to an activating group) is 1. The van der Waals surface area contributed by atoms with Crippen molar-refractivity contribution in [1.29, 1.82) is 0 Å². The molecule has 8 heteroatoms. The van der Waals surface area contributed by atoms with Crippen LogP contribution in [0.4, 0.5) is 10.5 Å². The molecule has 0 spiro atoms. The third kappa shape index (κ3) is 5.67. The number of hydrogen-bond donors (Lipinski definition) is 1. The number of imide groups is 1. The lowest BCUT2D eigenvalue weighted by Crippen LogP contribution is -2.27. The van der Waals surface area contributed by atoms with Crippen LogP contribution in [0, 0.1) is 6.92 Å². The maximum atomic E-state index is 12.3. The molecule has 0 aliphatic carbocycles. The summed E-state index contributed by atoms with van der Waals surface area (Å²) in [5.41, 5.74) is 2.50. The van der Waals surface area contributed by atoms with Crippen LogP contribution in [0.2, 0.25) is 0 Å². The van der Waals surface area contributed by atoms with Gasteiger partial charge in [-0.2, -0.15) is 0 Å². The summed E-state index contributed by atoms with van der Waals surface area (Å²) in [4.78, 5) is 37.9. The van der Waals surface area contributed by atoms with Gasteiger partial charge in [0.2, 0.25) is 0 Å². The first-order chi connectivity index (χ1) is 14.9. The fourth-order valence-electron chi connectivity index (χ4n) is 2.90. The quantitative estimate of drug-likeness (QED) is 0.610. The number of nitrogens with zero attached hydrogens (tertiary/aromatic N) is 1. The summed E-state index contributed by atoms with van der Waals surface area (Å²) in [7, 11) is 0. The zero-order chi connectivity index (χ0) is 22.4. The van der Waals surface area contributed by atoms with E-state index < -0.39 is 0 Å². The molecule has 1 fully saturated rings. The fraction of sp³-hybridized carbons (Fsp3) is 0.261. The molecule has 0 radical (unpaired) electrons. The molecule has 0 saturated carbocycles. The summed E-state index contributed by atoms with van der Waals surface area (Å²) in [5, 5.41) is 2.50. The van der Waals surface area contributed by atoms with Crippen LogP contribution in [-0.2, 0) is 9.59 Å². The van der Waals surface area contributed by atoms with E-state index in [0.717, 1.165) is 17.3 Å². The van der Waals surface area contributed by atoms with Crippen molar-refractivity contribution >= 4 is 40.6 Å². The molecule has 0 atom stereocenters. The molecule has 1 heterocycles. The van der Waals surface area contributed by atoms with Gasteiger partial charge in [0, 0.05) is 12.2 Å². The van der Waals surface area contributed by atoms with Crippen molar-refractivity contribution in [2.45, 2.75) is 20.8 Å². The molecule has 0 bridgehead atoms. The molecular weight excluding hydrogens is 416 g/mol. The Kier molecular flexibility index (Phi) is 7.36. The highest BCUT2D eigenvalue weighted by atomic mass is 32.2. The average Bonchev–Trinajstić information content (AvgIpc) is 3.01. The lowest BCUT2D eigenvalue weighted by Gasteiger charge is -2.13. The fourth-order valence-corrected chi connectivity index (χ4v) is 3.81. The van der Waals surface area contributed by atoms with Gasteiger partial charge in [-0.05, 0) is 68.4 Å². The van der Waals surface area contributed by atoms with E-state index in [0.29, 0.717) is 40.8 Å². The molecule has 1 saturated heterocycles. The number of ether oxygens (including phenoxy) is 2. The Balaban J connectivity index is 1.69. The van der Waals surface area contributed by atoms with Crippen LogP contribution in [-0.4, -0.2) is 41.7 Å². The van der Waals surface area contributed by atoms with E-state index in [4.69, 9.17) is 9.47 Å². The minimum Gasteiger partial charge on any atom is -0.490 e. The molecular formula is C23H24N2O5S. The van der Waals surface area contributed by atoms with Crippen molar-refractivity contribution < 1.29 is 23.9 Å². The Hall–Kier alpha value is -3.26. The van der Waals surface area contributed by atoms with Crippen molar-refractivity contribution in [2.75, 3.05) is 25.1 Å². The highest BCUT2D eigenvalue weighted by molar-refractivity contribution is 8.18. The maximum absolute atomic E-state index is 12.3. The molecule has 3 amide bonds. The average molecular weight is 441 g/mol. The zero-order valence-corrected chi connectivity index (χ0v) is 18.5. The number of aryl methyl sites for hydroxylation is 1. The molecule has 1 N–H and O–H groups in total. The number of amides is 3. The second kappa shape index (κ2) is 10.2. The number of hydrogen-bond acceptors (Lipinski definition) is 6. The minimum absolute atomic E-state index is 0.178. The topological polar surface area (TPSA) is 84.9 Å². The van der Waals surface area contributed by atoms with Crippen LogP contribution in [0.25, 0.3) is 6.08 Å².